The first-order valence-corrected chi connectivity index (χ1v) is 12.0. The summed E-state index contributed by atoms with van der Waals surface area (Å²) in [6.45, 7) is 3.87. The minimum atomic E-state index is 0.0116. The molecule has 8 heteroatoms. The molecule has 1 aliphatic rings. The molecule has 0 radical (unpaired) electrons. The van der Waals surface area contributed by atoms with Gasteiger partial charge in [-0.1, -0.05) is 48.5 Å². The number of rotatable bonds is 9. The minimum absolute atomic E-state index is 0.0116. The number of methoxy groups -OCH3 is 1. The molecule has 0 aliphatic carbocycles. The number of nitrogens with zero attached hydrogens (tertiary/aromatic N) is 4. The highest BCUT2D eigenvalue weighted by molar-refractivity contribution is 7.99. The van der Waals surface area contributed by atoms with Crippen molar-refractivity contribution in [3.8, 4) is 22.8 Å². The number of nitrogens with one attached hydrogen (secondary N) is 1. The molecule has 32 heavy (non-hydrogen) atoms. The second-order valence-electron chi connectivity index (χ2n) is 7.75. The van der Waals surface area contributed by atoms with Gasteiger partial charge in [-0.15, -0.1) is 10.2 Å². The molecule has 1 fully saturated rings. The van der Waals surface area contributed by atoms with Crippen LogP contribution in [0.2, 0.25) is 0 Å². The first-order valence-electron chi connectivity index (χ1n) is 11.0. The van der Waals surface area contributed by atoms with Crippen molar-refractivity contribution in [2.45, 2.75) is 24.4 Å². The van der Waals surface area contributed by atoms with Crippen molar-refractivity contribution in [3.63, 3.8) is 0 Å². The number of para-hydroxylation sites is 1. The lowest BCUT2D eigenvalue weighted by atomic mass is 10.1. The van der Waals surface area contributed by atoms with Gasteiger partial charge < -0.3 is 15.0 Å². The fraction of sp³-hybridized carbons (Fsp3) is 0.375. The maximum absolute atomic E-state index is 12.4. The number of carbonyl (C=O) groups excluding carboxylic acids is 1. The van der Waals surface area contributed by atoms with Gasteiger partial charge in [-0.05, 0) is 50.2 Å². The molecule has 2 heterocycles. The SMILES string of the molecule is COc1cccc(-c2nnc(SCC(=O)NCCN3CCCCC3)n2-c2ccccc2)c1. The second kappa shape index (κ2) is 11.2. The zero-order chi connectivity index (χ0) is 22.2. The smallest absolute Gasteiger partial charge is 0.230 e. The van der Waals surface area contributed by atoms with E-state index in [1.54, 1.807) is 7.11 Å². The summed E-state index contributed by atoms with van der Waals surface area (Å²) in [4.78, 5) is 14.9. The number of amides is 1. The number of benzene rings is 2. The Bertz CT molecular complexity index is 1020. The van der Waals surface area contributed by atoms with E-state index in [1.807, 2.05) is 59.2 Å². The van der Waals surface area contributed by atoms with E-state index in [-0.39, 0.29) is 5.91 Å². The average Bonchev–Trinajstić information content (AvgIpc) is 3.28. The summed E-state index contributed by atoms with van der Waals surface area (Å²) < 4.78 is 7.36. The monoisotopic (exact) mass is 451 g/mol. The van der Waals surface area contributed by atoms with Crippen molar-refractivity contribution in [1.29, 1.82) is 0 Å². The predicted molar refractivity (Wildman–Crippen MR) is 127 cm³/mol. The lowest BCUT2D eigenvalue weighted by molar-refractivity contribution is -0.118. The zero-order valence-corrected chi connectivity index (χ0v) is 19.2. The third kappa shape index (κ3) is 5.69. The quantitative estimate of drug-likeness (QED) is 0.501. The normalized spacial score (nSPS) is 14.3. The number of thioether (sulfide) groups is 1. The van der Waals surface area contributed by atoms with Crippen LogP contribution in [0.25, 0.3) is 17.1 Å². The van der Waals surface area contributed by atoms with E-state index in [9.17, 15) is 4.79 Å². The van der Waals surface area contributed by atoms with Gasteiger partial charge in [0, 0.05) is 24.3 Å². The van der Waals surface area contributed by atoms with Gasteiger partial charge in [-0.25, -0.2) is 0 Å². The lowest BCUT2D eigenvalue weighted by Gasteiger charge is -2.26. The molecule has 0 bridgehead atoms. The first kappa shape index (κ1) is 22.4. The molecule has 1 N–H and O–H groups in total. The number of hydrogen-bond donors (Lipinski definition) is 1. The number of aromatic nitrogens is 3. The second-order valence-corrected chi connectivity index (χ2v) is 8.69. The van der Waals surface area contributed by atoms with Crippen LogP contribution in [0, 0.1) is 0 Å². The highest BCUT2D eigenvalue weighted by Gasteiger charge is 2.18. The molecule has 4 rings (SSSR count). The summed E-state index contributed by atoms with van der Waals surface area (Å²) in [6, 6.07) is 17.7. The Balaban J connectivity index is 1.45. The molecule has 7 nitrogen and oxygen atoms in total. The highest BCUT2D eigenvalue weighted by atomic mass is 32.2. The van der Waals surface area contributed by atoms with Crippen LogP contribution < -0.4 is 10.1 Å². The third-order valence-corrected chi connectivity index (χ3v) is 6.44. The molecule has 1 aliphatic heterocycles. The van der Waals surface area contributed by atoms with Crippen LogP contribution in [0.3, 0.4) is 0 Å². The van der Waals surface area contributed by atoms with E-state index in [0.29, 0.717) is 23.3 Å². The largest absolute Gasteiger partial charge is 0.497 e. The van der Waals surface area contributed by atoms with Gasteiger partial charge in [0.25, 0.3) is 0 Å². The van der Waals surface area contributed by atoms with Gasteiger partial charge in [-0.2, -0.15) is 0 Å². The number of carbonyl (C=O) groups is 1. The standard InChI is InChI=1S/C24H29N5O2S/c1-31-21-12-8-9-19(17-21)23-26-27-24(29(23)20-10-4-2-5-11-20)32-18-22(30)25-13-16-28-14-6-3-7-15-28/h2,4-5,8-12,17H,3,6-7,13-16,18H2,1H3,(H,25,30). The molecule has 1 amide bonds. The van der Waals surface area contributed by atoms with Crippen molar-refractivity contribution >= 4 is 17.7 Å². The van der Waals surface area contributed by atoms with E-state index in [1.165, 1.54) is 31.0 Å². The number of ether oxygens (including phenoxy) is 1. The molecular weight excluding hydrogens is 422 g/mol. The average molecular weight is 452 g/mol. The van der Waals surface area contributed by atoms with Crippen molar-refractivity contribution in [2.75, 3.05) is 39.0 Å². The Kier molecular flexibility index (Phi) is 7.79. The van der Waals surface area contributed by atoms with E-state index >= 15 is 0 Å². The molecule has 1 saturated heterocycles. The van der Waals surface area contributed by atoms with Crippen LogP contribution in [-0.2, 0) is 4.79 Å². The summed E-state index contributed by atoms with van der Waals surface area (Å²) in [7, 11) is 1.65. The Hall–Kier alpha value is -2.84. The fourth-order valence-electron chi connectivity index (χ4n) is 3.84. The fourth-order valence-corrected chi connectivity index (χ4v) is 4.62. The Morgan fingerprint density at radius 3 is 2.66 bits per heavy atom. The summed E-state index contributed by atoms with van der Waals surface area (Å²) in [6.07, 6.45) is 3.84. The van der Waals surface area contributed by atoms with E-state index < -0.39 is 0 Å². The van der Waals surface area contributed by atoms with Gasteiger partial charge in [0.2, 0.25) is 5.91 Å². The number of hydrogen-bond acceptors (Lipinski definition) is 6. The maximum Gasteiger partial charge on any atom is 0.230 e. The molecule has 0 atom stereocenters. The Labute approximate surface area is 193 Å². The Morgan fingerprint density at radius 2 is 1.88 bits per heavy atom. The van der Waals surface area contributed by atoms with Gasteiger partial charge in [0.05, 0.1) is 12.9 Å². The molecule has 0 saturated carbocycles. The van der Waals surface area contributed by atoms with Crippen LogP contribution in [0.4, 0.5) is 0 Å². The zero-order valence-electron chi connectivity index (χ0n) is 18.4. The lowest BCUT2D eigenvalue weighted by Crippen LogP contribution is -2.38. The van der Waals surface area contributed by atoms with Crippen LogP contribution in [0.15, 0.2) is 59.8 Å². The maximum atomic E-state index is 12.4. The number of likely N-dealkylation sites (tertiary alicyclic amines) is 1. The molecule has 1 aromatic heterocycles. The predicted octanol–water partition coefficient (Wildman–Crippen LogP) is 3.64. The van der Waals surface area contributed by atoms with Gasteiger partial charge in [-0.3, -0.25) is 9.36 Å². The summed E-state index contributed by atoms with van der Waals surface area (Å²) in [5, 5.41) is 12.6. The third-order valence-electron chi connectivity index (χ3n) is 5.51. The highest BCUT2D eigenvalue weighted by Crippen LogP contribution is 2.29. The summed E-state index contributed by atoms with van der Waals surface area (Å²) in [5.41, 5.74) is 1.85. The number of piperidine rings is 1. The van der Waals surface area contributed by atoms with Crippen LogP contribution in [-0.4, -0.2) is 64.6 Å². The van der Waals surface area contributed by atoms with Crippen molar-refractivity contribution in [3.05, 3.63) is 54.6 Å². The van der Waals surface area contributed by atoms with Crippen LogP contribution in [0.5, 0.6) is 5.75 Å². The van der Waals surface area contributed by atoms with Crippen molar-refractivity contribution in [1.82, 2.24) is 25.0 Å². The molecule has 0 spiro atoms. The van der Waals surface area contributed by atoms with E-state index in [2.05, 4.69) is 20.4 Å². The first-order chi connectivity index (χ1) is 15.7. The molecule has 3 aromatic rings. The molecule has 0 unspecified atom stereocenters. The molecule has 168 valence electrons. The van der Waals surface area contributed by atoms with Crippen LogP contribution >= 0.6 is 11.8 Å². The van der Waals surface area contributed by atoms with Crippen molar-refractivity contribution in [2.24, 2.45) is 0 Å². The van der Waals surface area contributed by atoms with Gasteiger partial charge in [0.15, 0.2) is 11.0 Å². The van der Waals surface area contributed by atoms with Gasteiger partial charge >= 0.3 is 0 Å². The van der Waals surface area contributed by atoms with Crippen LogP contribution in [0.1, 0.15) is 19.3 Å². The van der Waals surface area contributed by atoms with E-state index in [0.717, 1.165) is 36.6 Å². The summed E-state index contributed by atoms with van der Waals surface area (Å²) >= 11 is 1.39. The van der Waals surface area contributed by atoms with Crippen molar-refractivity contribution < 1.29 is 9.53 Å². The topological polar surface area (TPSA) is 72.3 Å². The minimum Gasteiger partial charge on any atom is -0.497 e. The molecular formula is C24H29N5O2S. The van der Waals surface area contributed by atoms with Gasteiger partial charge in [0.1, 0.15) is 5.75 Å². The van der Waals surface area contributed by atoms with E-state index in [4.69, 9.17) is 4.74 Å². The Morgan fingerprint density at radius 1 is 1.06 bits per heavy atom. The summed E-state index contributed by atoms with van der Waals surface area (Å²) in [5.74, 6) is 1.77. The molecule has 2 aromatic carbocycles.